The molecule has 0 atom stereocenters. The van der Waals surface area contributed by atoms with E-state index in [0.29, 0.717) is 21.6 Å². The van der Waals surface area contributed by atoms with Crippen molar-refractivity contribution in [3.05, 3.63) is 81.2 Å². The van der Waals surface area contributed by atoms with Crippen LogP contribution in [0, 0.1) is 13.8 Å². The third-order valence-electron chi connectivity index (χ3n) is 4.65. The molecule has 2 aromatic carbocycles. The zero-order valence-electron chi connectivity index (χ0n) is 17.3. The van der Waals surface area contributed by atoms with Gasteiger partial charge in [-0.1, -0.05) is 59.8 Å². The van der Waals surface area contributed by atoms with Crippen LogP contribution in [0.15, 0.2) is 64.5 Å². The molecular formula is C23H19ClN4O2S2. The zero-order valence-corrected chi connectivity index (χ0v) is 19.7. The number of thioether (sulfide) groups is 1. The van der Waals surface area contributed by atoms with Crippen molar-refractivity contribution in [1.82, 2.24) is 15.0 Å². The first-order valence-electron chi connectivity index (χ1n) is 9.73. The standard InChI is InChI=1S/C23H19ClN4O2S2/c1-13-16(24)9-6-10-17(13)26-20(30)12-31-23-27-18(11-19(29)28-23)21-14(2)25-22(32-21)15-7-4-3-5-8-15/h3-11H,12H2,1-2H3,(H,26,30)(H,27,28,29). The fourth-order valence-electron chi connectivity index (χ4n) is 3.02. The van der Waals surface area contributed by atoms with Crippen molar-refractivity contribution >= 4 is 46.3 Å². The summed E-state index contributed by atoms with van der Waals surface area (Å²) in [7, 11) is 0. The van der Waals surface area contributed by atoms with E-state index in [-0.39, 0.29) is 17.2 Å². The van der Waals surface area contributed by atoms with Crippen LogP contribution in [0.5, 0.6) is 0 Å². The molecule has 0 saturated carbocycles. The number of hydrogen-bond donors (Lipinski definition) is 2. The Hall–Kier alpha value is -2.94. The summed E-state index contributed by atoms with van der Waals surface area (Å²) in [5.74, 6) is -0.122. The van der Waals surface area contributed by atoms with Gasteiger partial charge in [-0.05, 0) is 31.5 Å². The van der Waals surface area contributed by atoms with Gasteiger partial charge in [0, 0.05) is 22.3 Å². The lowest BCUT2D eigenvalue weighted by Gasteiger charge is -2.09. The quantitative estimate of drug-likeness (QED) is 0.277. The maximum atomic E-state index is 12.4. The van der Waals surface area contributed by atoms with Gasteiger partial charge in [-0.15, -0.1) is 11.3 Å². The van der Waals surface area contributed by atoms with Crippen molar-refractivity contribution in [2.75, 3.05) is 11.1 Å². The maximum Gasteiger partial charge on any atom is 0.252 e. The van der Waals surface area contributed by atoms with E-state index >= 15 is 0 Å². The molecule has 0 aliphatic heterocycles. The zero-order chi connectivity index (χ0) is 22.7. The summed E-state index contributed by atoms with van der Waals surface area (Å²) < 4.78 is 0. The third-order valence-corrected chi connectivity index (χ3v) is 7.16. The molecule has 4 rings (SSSR count). The molecule has 0 aliphatic carbocycles. The summed E-state index contributed by atoms with van der Waals surface area (Å²) in [5.41, 5.74) is 3.54. The lowest BCUT2D eigenvalue weighted by atomic mass is 10.2. The second-order valence-electron chi connectivity index (χ2n) is 6.98. The van der Waals surface area contributed by atoms with Gasteiger partial charge in [-0.2, -0.15) is 0 Å². The minimum atomic E-state index is -0.280. The average molecular weight is 483 g/mol. The van der Waals surface area contributed by atoms with Gasteiger partial charge in [-0.3, -0.25) is 9.59 Å². The summed E-state index contributed by atoms with van der Waals surface area (Å²) in [4.78, 5) is 37.4. The number of aryl methyl sites for hydroxylation is 1. The van der Waals surface area contributed by atoms with Gasteiger partial charge in [-0.25, -0.2) is 9.97 Å². The van der Waals surface area contributed by atoms with Crippen LogP contribution in [-0.2, 0) is 4.79 Å². The molecule has 0 unspecified atom stereocenters. The largest absolute Gasteiger partial charge is 0.325 e. The van der Waals surface area contributed by atoms with E-state index in [0.717, 1.165) is 38.5 Å². The van der Waals surface area contributed by atoms with Crippen LogP contribution in [0.4, 0.5) is 5.69 Å². The van der Waals surface area contributed by atoms with E-state index in [2.05, 4.69) is 20.3 Å². The first kappa shape index (κ1) is 22.3. The van der Waals surface area contributed by atoms with Crippen LogP contribution in [0.2, 0.25) is 5.02 Å². The predicted octanol–water partition coefficient (Wildman–Crippen LogP) is 5.56. The molecule has 0 radical (unpaired) electrons. The Kier molecular flexibility index (Phi) is 6.74. The Morgan fingerprint density at radius 1 is 1.12 bits per heavy atom. The van der Waals surface area contributed by atoms with Crippen molar-refractivity contribution in [2.45, 2.75) is 19.0 Å². The maximum absolute atomic E-state index is 12.4. The minimum absolute atomic E-state index is 0.0925. The van der Waals surface area contributed by atoms with Gasteiger partial charge in [0.15, 0.2) is 5.16 Å². The molecule has 2 heterocycles. The van der Waals surface area contributed by atoms with Gasteiger partial charge in [0.25, 0.3) is 5.56 Å². The molecule has 9 heteroatoms. The van der Waals surface area contributed by atoms with Crippen LogP contribution in [-0.4, -0.2) is 26.6 Å². The number of halogens is 1. The molecule has 0 fully saturated rings. The normalized spacial score (nSPS) is 10.8. The number of nitrogens with zero attached hydrogens (tertiary/aromatic N) is 2. The number of thiazole rings is 1. The van der Waals surface area contributed by atoms with Crippen molar-refractivity contribution in [3.63, 3.8) is 0 Å². The van der Waals surface area contributed by atoms with Crippen molar-refractivity contribution in [1.29, 1.82) is 0 Å². The highest BCUT2D eigenvalue weighted by atomic mass is 35.5. The van der Waals surface area contributed by atoms with E-state index < -0.39 is 0 Å². The number of benzene rings is 2. The Bertz CT molecular complexity index is 1340. The van der Waals surface area contributed by atoms with E-state index in [1.165, 1.54) is 17.4 Å². The Morgan fingerprint density at radius 2 is 1.91 bits per heavy atom. The van der Waals surface area contributed by atoms with Gasteiger partial charge in [0.05, 0.1) is 22.0 Å². The molecule has 2 N–H and O–H groups in total. The smallest absolute Gasteiger partial charge is 0.252 e. The molecule has 0 saturated heterocycles. The molecule has 162 valence electrons. The third kappa shape index (κ3) is 5.09. The molecule has 0 spiro atoms. The molecule has 6 nitrogen and oxygen atoms in total. The Balaban J connectivity index is 1.51. The number of carbonyl (C=O) groups is 1. The first-order valence-corrected chi connectivity index (χ1v) is 11.9. The van der Waals surface area contributed by atoms with Gasteiger partial charge < -0.3 is 10.3 Å². The van der Waals surface area contributed by atoms with Gasteiger partial charge in [0.2, 0.25) is 5.91 Å². The van der Waals surface area contributed by atoms with E-state index in [1.54, 1.807) is 18.2 Å². The minimum Gasteiger partial charge on any atom is -0.325 e. The number of rotatable bonds is 6. The summed E-state index contributed by atoms with van der Waals surface area (Å²) >= 11 is 8.75. The lowest BCUT2D eigenvalue weighted by molar-refractivity contribution is -0.113. The molecule has 0 aliphatic rings. The van der Waals surface area contributed by atoms with Crippen LogP contribution in [0.3, 0.4) is 0 Å². The second-order valence-corrected chi connectivity index (χ2v) is 9.35. The van der Waals surface area contributed by atoms with Crippen LogP contribution in [0.1, 0.15) is 11.3 Å². The van der Waals surface area contributed by atoms with Crippen molar-refractivity contribution < 1.29 is 4.79 Å². The monoisotopic (exact) mass is 482 g/mol. The molecular weight excluding hydrogens is 464 g/mol. The number of aromatic amines is 1. The summed E-state index contributed by atoms with van der Waals surface area (Å²) in [6, 6.07) is 16.7. The Morgan fingerprint density at radius 3 is 2.69 bits per heavy atom. The first-order chi connectivity index (χ1) is 15.4. The molecule has 32 heavy (non-hydrogen) atoms. The fraction of sp³-hybridized carbons (Fsp3) is 0.130. The average Bonchev–Trinajstić information content (AvgIpc) is 3.17. The van der Waals surface area contributed by atoms with Gasteiger partial charge in [0.1, 0.15) is 5.01 Å². The van der Waals surface area contributed by atoms with Crippen LogP contribution in [0.25, 0.3) is 21.1 Å². The summed E-state index contributed by atoms with van der Waals surface area (Å²) in [6.45, 7) is 3.74. The number of hydrogen-bond acceptors (Lipinski definition) is 6. The SMILES string of the molecule is Cc1nc(-c2ccccc2)sc1-c1cc(=O)[nH]c(SCC(=O)Nc2cccc(Cl)c2C)n1. The highest BCUT2D eigenvalue weighted by Gasteiger charge is 2.15. The number of H-pyrrole nitrogens is 1. The van der Waals surface area contributed by atoms with Crippen molar-refractivity contribution in [3.8, 4) is 21.1 Å². The van der Waals surface area contributed by atoms with E-state index in [9.17, 15) is 9.59 Å². The fourth-order valence-corrected chi connectivity index (χ4v) is 4.90. The lowest BCUT2D eigenvalue weighted by Crippen LogP contribution is -2.16. The highest BCUT2D eigenvalue weighted by molar-refractivity contribution is 7.99. The molecule has 4 aromatic rings. The van der Waals surface area contributed by atoms with Crippen LogP contribution >= 0.6 is 34.7 Å². The Labute approximate surface area is 198 Å². The number of anilines is 1. The number of nitrogens with one attached hydrogen (secondary N) is 2. The summed E-state index contributed by atoms with van der Waals surface area (Å²) in [5, 5.41) is 4.67. The molecule has 1 amide bonds. The second kappa shape index (κ2) is 9.68. The molecule has 0 bridgehead atoms. The topological polar surface area (TPSA) is 87.7 Å². The predicted molar refractivity (Wildman–Crippen MR) is 132 cm³/mol. The highest BCUT2D eigenvalue weighted by Crippen LogP contribution is 2.34. The summed E-state index contributed by atoms with van der Waals surface area (Å²) in [6.07, 6.45) is 0. The van der Waals surface area contributed by atoms with Crippen LogP contribution < -0.4 is 10.9 Å². The molecule has 2 aromatic heterocycles. The van der Waals surface area contributed by atoms with E-state index in [1.807, 2.05) is 44.2 Å². The van der Waals surface area contributed by atoms with E-state index in [4.69, 9.17) is 11.6 Å². The number of aromatic nitrogens is 3. The van der Waals surface area contributed by atoms with Crippen molar-refractivity contribution in [2.24, 2.45) is 0 Å². The number of carbonyl (C=O) groups excluding carboxylic acids is 1. The van der Waals surface area contributed by atoms with Gasteiger partial charge >= 0.3 is 0 Å². The number of amides is 1.